The fourth-order valence-electron chi connectivity index (χ4n) is 1.88. The zero-order chi connectivity index (χ0) is 13.1. The van der Waals surface area contributed by atoms with Crippen LogP contribution in [0.15, 0.2) is 17.6 Å². The molecule has 0 spiro atoms. The molecule has 1 aliphatic rings. The van der Waals surface area contributed by atoms with Gasteiger partial charge in [0.25, 0.3) is 0 Å². The third-order valence-electron chi connectivity index (χ3n) is 2.93. The number of halogens is 1. The predicted octanol–water partition coefficient (Wildman–Crippen LogP) is 1.07. The highest BCUT2D eigenvalue weighted by molar-refractivity contribution is 14.0. The second-order valence-corrected chi connectivity index (χ2v) is 4.33. The van der Waals surface area contributed by atoms with Gasteiger partial charge in [0.05, 0.1) is 13.2 Å². The van der Waals surface area contributed by atoms with Gasteiger partial charge in [-0.2, -0.15) is 0 Å². The van der Waals surface area contributed by atoms with Gasteiger partial charge in [0.2, 0.25) is 0 Å². The summed E-state index contributed by atoms with van der Waals surface area (Å²) in [5.74, 6) is 0.848. The zero-order valence-corrected chi connectivity index (χ0v) is 14.2. The standard InChI is InChI=1S/C13H26N4O.HI/c1-3-6-15-13(14-2)16-7-4-5-8-17-9-11-18-12-10-17;/h3H,1,4-12H2,2H3,(H2,14,15,16);1H. The lowest BCUT2D eigenvalue weighted by Gasteiger charge is -2.26. The number of aliphatic imine (C=N–C) groups is 1. The van der Waals surface area contributed by atoms with Crippen LogP contribution in [0.3, 0.4) is 0 Å². The Morgan fingerprint density at radius 1 is 1.32 bits per heavy atom. The summed E-state index contributed by atoms with van der Waals surface area (Å²) in [6.07, 6.45) is 4.20. The summed E-state index contributed by atoms with van der Waals surface area (Å²) in [7, 11) is 1.78. The zero-order valence-electron chi connectivity index (χ0n) is 11.9. The summed E-state index contributed by atoms with van der Waals surface area (Å²) in [5.41, 5.74) is 0. The first kappa shape index (κ1) is 18.7. The van der Waals surface area contributed by atoms with E-state index in [0.29, 0.717) is 0 Å². The lowest BCUT2D eigenvalue weighted by atomic mass is 10.3. The predicted molar refractivity (Wildman–Crippen MR) is 91.5 cm³/mol. The van der Waals surface area contributed by atoms with Gasteiger partial charge in [-0.15, -0.1) is 30.6 Å². The van der Waals surface area contributed by atoms with Gasteiger partial charge in [-0.3, -0.25) is 9.89 Å². The minimum absolute atomic E-state index is 0. The van der Waals surface area contributed by atoms with Crippen molar-refractivity contribution in [1.29, 1.82) is 0 Å². The Labute approximate surface area is 133 Å². The summed E-state index contributed by atoms with van der Waals surface area (Å²) < 4.78 is 5.32. The molecule has 0 aromatic carbocycles. The van der Waals surface area contributed by atoms with Crippen LogP contribution in [0, 0.1) is 0 Å². The smallest absolute Gasteiger partial charge is 0.191 e. The first-order valence-corrected chi connectivity index (χ1v) is 6.72. The first-order valence-electron chi connectivity index (χ1n) is 6.72. The van der Waals surface area contributed by atoms with Crippen molar-refractivity contribution >= 4 is 29.9 Å². The van der Waals surface area contributed by atoms with Gasteiger partial charge in [0.1, 0.15) is 0 Å². The van der Waals surface area contributed by atoms with Gasteiger partial charge in [0, 0.05) is 33.2 Å². The van der Waals surface area contributed by atoms with E-state index in [-0.39, 0.29) is 24.0 Å². The molecule has 0 aromatic heterocycles. The lowest BCUT2D eigenvalue weighted by Crippen LogP contribution is -2.39. The summed E-state index contributed by atoms with van der Waals surface area (Å²) in [6, 6.07) is 0. The summed E-state index contributed by atoms with van der Waals surface area (Å²) in [4.78, 5) is 6.60. The highest BCUT2D eigenvalue weighted by Crippen LogP contribution is 1.99. The van der Waals surface area contributed by atoms with E-state index in [1.54, 1.807) is 7.05 Å². The second kappa shape index (κ2) is 12.7. The maximum absolute atomic E-state index is 5.32. The van der Waals surface area contributed by atoms with Crippen LogP contribution in [-0.4, -0.2) is 63.8 Å². The van der Waals surface area contributed by atoms with Gasteiger partial charge < -0.3 is 15.4 Å². The molecule has 1 rings (SSSR count). The Bertz CT molecular complexity index is 255. The molecule has 0 aromatic rings. The monoisotopic (exact) mass is 382 g/mol. The molecule has 0 radical (unpaired) electrons. The van der Waals surface area contributed by atoms with Crippen molar-refractivity contribution in [2.75, 3.05) is 53.0 Å². The van der Waals surface area contributed by atoms with Crippen LogP contribution >= 0.6 is 24.0 Å². The van der Waals surface area contributed by atoms with E-state index in [1.165, 1.54) is 13.0 Å². The minimum Gasteiger partial charge on any atom is -0.379 e. The van der Waals surface area contributed by atoms with E-state index in [0.717, 1.165) is 51.8 Å². The fraction of sp³-hybridized carbons (Fsp3) is 0.769. The maximum Gasteiger partial charge on any atom is 0.191 e. The number of unbranched alkanes of at least 4 members (excludes halogenated alkanes) is 1. The third kappa shape index (κ3) is 9.23. The van der Waals surface area contributed by atoms with Crippen molar-refractivity contribution in [3.8, 4) is 0 Å². The Balaban J connectivity index is 0.00000324. The van der Waals surface area contributed by atoms with Crippen LogP contribution in [0.4, 0.5) is 0 Å². The van der Waals surface area contributed by atoms with Gasteiger partial charge in [-0.25, -0.2) is 0 Å². The number of hydrogen-bond acceptors (Lipinski definition) is 3. The van der Waals surface area contributed by atoms with E-state index >= 15 is 0 Å². The molecule has 0 bridgehead atoms. The number of ether oxygens (including phenoxy) is 1. The molecule has 1 saturated heterocycles. The van der Waals surface area contributed by atoms with E-state index in [2.05, 4.69) is 27.1 Å². The average Bonchev–Trinajstić information content (AvgIpc) is 2.43. The summed E-state index contributed by atoms with van der Waals surface area (Å²) in [5, 5.41) is 6.44. The number of rotatable bonds is 7. The molecule has 0 atom stereocenters. The van der Waals surface area contributed by atoms with Crippen molar-refractivity contribution < 1.29 is 4.74 Å². The Morgan fingerprint density at radius 3 is 2.68 bits per heavy atom. The molecule has 0 unspecified atom stereocenters. The van der Waals surface area contributed by atoms with Crippen LogP contribution in [0.1, 0.15) is 12.8 Å². The molecule has 2 N–H and O–H groups in total. The van der Waals surface area contributed by atoms with Crippen molar-refractivity contribution in [1.82, 2.24) is 15.5 Å². The van der Waals surface area contributed by atoms with Gasteiger partial charge in [-0.1, -0.05) is 6.08 Å². The van der Waals surface area contributed by atoms with Gasteiger partial charge in [0.15, 0.2) is 5.96 Å². The van der Waals surface area contributed by atoms with Crippen LogP contribution < -0.4 is 10.6 Å². The van der Waals surface area contributed by atoms with E-state index in [9.17, 15) is 0 Å². The minimum atomic E-state index is 0. The SMILES string of the molecule is C=CCNC(=NC)NCCCCN1CCOCC1.I. The number of hydrogen-bond donors (Lipinski definition) is 2. The molecule has 0 saturated carbocycles. The molecule has 19 heavy (non-hydrogen) atoms. The fourth-order valence-corrected chi connectivity index (χ4v) is 1.88. The van der Waals surface area contributed by atoms with Crippen LogP contribution in [-0.2, 0) is 4.74 Å². The normalized spacial score (nSPS) is 16.6. The highest BCUT2D eigenvalue weighted by Gasteiger charge is 2.08. The molecular weight excluding hydrogens is 355 g/mol. The van der Waals surface area contributed by atoms with Gasteiger partial charge >= 0.3 is 0 Å². The van der Waals surface area contributed by atoms with Crippen molar-refractivity contribution in [2.24, 2.45) is 4.99 Å². The number of morpholine rings is 1. The van der Waals surface area contributed by atoms with Crippen molar-refractivity contribution in [3.63, 3.8) is 0 Å². The number of nitrogens with zero attached hydrogens (tertiary/aromatic N) is 2. The molecule has 6 heteroatoms. The van der Waals surface area contributed by atoms with Crippen molar-refractivity contribution in [2.45, 2.75) is 12.8 Å². The average molecular weight is 382 g/mol. The molecule has 0 amide bonds. The molecule has 1 aliphatic heterocycles. The quantitative estimate of drug-likeness (QED) is 0.227. The highest BCUT2D eigenvalue weighted by atomic mass is 127. The topological polar surface area (TPSA) is 48.9 Å². The van der Waals surface area contributed by atoms with E-state index in [4.69, 9.17) is 4.74 Å². The van der Waals surface area contributed by atoms with Crippen LogP contribution in [0.25, 0.3) is 0 Å². The van der Waals surface area contributed by atoms with Crippen LogP contribution in [0.5, 0.6) is 0 Å². The number of nitrogens with one attached hydrogen (secondary N) is 2. The maximum atomic E-state index is 5.32. The summed E-state index contributed by atoms with van der Waals surface area (Å²) >= 11 is 0. The van der Waals surface area contributed by atoms with E-state index < -0.39 is 0 Å². The number of guanidine groups is 1. The lowest BCUT2D eigenvalue weighted by molar-refractivity contribution is 0.0372. The molecule has 0 aliphatic carbocycles. The molecular formula is C13H27IN4O. The van der Waals surface area contributed by atoms with Crippen molar-refractivity contribution in [3.05, 3.63) is 12.7 Å². The largest absolute Gasteiger partial charge is 0.379 e. The van der Waals surface area contributed by atoms with Crippen LogP contribution in [0.2, 0.25) is 0 Å². The van der Waals surface area contributed by atoms with Gasteiger partial charge in [-0.05, 0) is 19.4 Å². The molecule has 1 fully saturated rings. The molecule has 5 nitrogen and oxygen atoms in total. The molecule has 112 valence electrons. The Kier molecular flexibility index (Phi) is 12.5. The third-order valence-corrected chi connectivity index (χ3v) is 2.93. The Hall–Kier alpha value is -0.340. The Morgan fingerprint density at radius 2 is 2.05 bits per heavy atom. The second-order valence-electron chi connectivity index (χ2n) is 4.33. The first-order chi connectivity index (χ1) is 8.86. The van der Waals surface area contributed by atoms with E-state index in [1.807, 2.05) is 6.08 Å². The molecule has 1 heterocycles. The summed E-state index contributed by atoms with van der Waals surface area (Å²) in [6.45, 7) is 10.5.